The molecule has 3 nitrogen and oxygen atoms in total. The van der Waals surface area contributed by atoms with E-state index in [0.29, 0.717) is 4.90 Å². The van der Waals surface area contributed by atoms with Gasteiger partial charge in [0.25, 0.3) is 10.1 Å². The van der Waals surface area contributed by atoms with E-state index in [2.05, 4.69) is 6.92 Å². The molecular weight excluding hydrogens is 332 g/mol. The third-order valence-corrected chi connectivity index (χ3v) is 5.94. The largest absolute Gasteiger partial charge is 0.297 e. The Balaban J connectivity index is 2.32. The summed E-state index contributed by atoms with van der Waals surface area (Å²) in [5.41, 5.74) is 0.878. The van der Waals surface area contributed by atoms with Gasteiger partial charge < -0.3 is 0 Å². The average molecular weight is 369 g/mol. The Bertz CT molecular complexity index is 564. The van der Waals surface area contributed by atoms with E-state index < -0.39 is 10.1 Å². The van der Waals surface area contributed by atoms with E-state index in [4.69, 9.17) is 4.18 Å². The van der Waals surface area contributed by atoms with Crippen molar-refractivity contribution < 1.29 is 12.6 Å². The molecular formula is C21H36O3S. The lowest BCUT2D eigenvalue weighted by atomic mass is 10.0. The highest BCUT2D eigenvalue weighted by atomic mass is 32.2. The van der Waals surface area contributed by atoms with Crippen LogP contribution in [-0.2, 0) is 20.7 Å². The minimum absolute atomic E-state index is 0.333. The molecule has 4 heteroatoms. The van der Waals surface area contributed by atoms with Crippen LogP contribution in [0, 0.1) is 0 Å². The van der Waals surface area contributed by atoms with Gasteiger partial charge >= 0.3 is 0 Å². The number of aryl methyl sites for hydroxylation is 1. The quantitative estimate of drug-likeness (QED) is 0.287. The van der Waals surface area contributed by atoms with E-state index in [-0.39, 0.29) is 6.10 Å². The Hall–Kier alpha value is -0.870. The molecule has 0 fully saturated rings. The van der Waals surface area contributed by atoms with Gasteiger partial charge in [-0.1, -0.05) is 82.9 Å². The summed E-state index contributed by atoms with van der Waals surface area (Å²) in [6, 6.07) is 7.23. The van der Waals surface area contributed by atoms with Gasteiger partial charge in [-0.25, -0.2) is 0 Å². The number of benzene rings is 1. The van der Waals surface area contributed by atoms with Crippen molar-refractivity contribution in [1.29, 1.82) is 0 Å². The monoisotopic (exact) mass is 368 g/mol. The second kappa shape index (κ2) is 12.5. The van der Waals surface area contributed by atoms with E-state index in [0.717, 1.165) is 24.8 Å². The van der Waals surface area contributed by atoms with E-state index in [1.807, 2.05) is 12.1 Å². The highest BCUT2D eigenvalue weighted by Gasteiger charge is 2.20. The van der Waals surface area contributed by atoms with Crippen LogP contribution in [0.2, 0.25) is 0 Å². The van der Waals surface area contributed by atoms with Crippen LogP contribution in [0.4, 0.5) is 0 Å². The number of hydrogen-bond donors (Lipinski definition) is 0. The van der Waals surface area contributed by atoms with Gasteiger partial charge in [0, 0.05) is 0 Å². The molecule has 1 aromatic rings. The Kier molecular flexibility index (Phi) is 11.1. The third-order valence-electron chi connectivity index (χ3n) is 4.36. The summed E-state index contributed by atoms with van der Waals surface area (Å²) in [5, 5.41) is 0. The molecule has 0 N–H and O–H groups in total. The molecule has 0 spiro atoms. The van der Waals surface area contributed by atoms with E-state index in [1.54, 1.807) is 26.0 Å². The molecule has 25 heavy (non-hydrogen) atoms. The van der Waals surface area contributed by atoms with Gasteiger partial charge in [0.1, 0.15) is 0 Å². The van der Waals surface area contributed by atoms with Crippen LogP contribution in [0.5, 0.6) is 0 Å². The first-order valence-corrected chi connectivity index (χ1v) is 11.4. The van der Waals surface area contributed by atoms with E-state index in [9.17, 15) is 8.42 Å². The van der Waals surface area contributed by atoms with Crippen LogP contribution in [0.3, 0.4) is 0 Å². The predicted octanol–water partition coefficient (Wildman–Crippen LogP) is 6.26. The van der Waals surface area contributed by atoms with Crippen LogP contribution < -0.4 is 0 Å². The summed E-state index contributed by atoms with van der Waals surface area (Å²) in [5.74, 6) is 0. The van der Waals surface area contributed by atoms with Crippen molar-refractivity contribution in [2.45, 2.75) is 102 Å². The van der Waals surface area contributed by atoms with Crippen molar-refractivity contribution in [3.63, 3.8) is 0 Å². The predicted molar refractivity (Wildman–Crippen MR) is 105 cm³/mol. The smallest absolute Gasteiger partial charge is 0.264 e. The topological polar surface area (TPSA) is 43.4 Å². The lowest BCUT2D eigenvalue weighted by Gasteiger charge is -2.12. The van der Waals surface area contributed by atoms with Gasteiger partial charge in [0.05, 0.1) is 11.0 Å². The number of unbranched alkanes of at least 4 members (excludes halogenated alkanes) is 9. The standard InChI is InChI=1S/C21H36O3S/c1-4-5-6-7-8-9-10-11-12-13-16-20-17-14-15-18-21(20)25(22,23)24-19(2)3/h14-15,17-19H,4-13,16H2,1-3H3. The molecule has 0 bridgehead atoms. The first-order valence-electron chi connectivity index (χ1n) is 9.98. The van der Waals surface area contributed by atoms with E-state index >= 15 is 0 Å². The van der Waals surface area contributed by atoms with Crippen LogP contribution in [-0.4, -0.2) is 14.5 Å². The van der Waals surface area contributed by atoms with Gasteiger partial charge in [-0.05, 0) is 38.3 Å². The highest BCUT2D eigenvalue weighted by molar-refractivity contribution is 7.86. The van der Waals surface area contributed by atoms with E-state index in [1.165, 1.54) is 51.4 Å². The van der Waals surface area contributed by atoms with Gasteiger partial charge in [0.15, 0.2) is 0 Å². The molecule has 1 rings (SSSR count). The zero-order valence-corrected chi connectivity index (χ0v) is 17.1. The fourth-order valence-corrected chi connectivity index (χ4v) is 4.41. The molecule has 0 heterocycles. The summed E-state index contributed by atoms with van der Waals surface area (Å²) in [7, 11) is -3.65. The van der Waals surface area contributed by atoms with Crippen LogP contribution in [0.1, 0.15) is 90.5 Å². The van der Waals surface area contributed by atoms with Crippen molar-refractivity contribution in [3.8, 4) is 0 Å². The third kappa shape index (κ3) is 9.41. The molecule has 0 radical (unpaired) electrons. The molecule has 1 aromatic carbocycles. The zero-order valence-electron chi connectivity index (χ0n) is 16.3. The molecule has 0 aliphatic rings. The molecule has 144 valence electrons. The fraction of sp³-hybridized carbons (Fsp3) is 0.714. The van der Waals surface area contributed by atoms with Crippen LogP contribution >= 0.6 is 0 Å². The van der Waals surface area contributed by atoms with Crippen molar-refractivity contribution in [2.75, 3.05) is 0 Å². The Morgan fingerprint density at radius 1 is 0.840 bits per heavy atom. The summed E-state index contributed by atoms with van der Waals surface area (Å²) >= 11 is 0. The van der Waals surface area contributed by atoms with Crippen molar-refractivity contribution in [3.05, 3.63) is 29.8 Å². The van der Waals surface area contributed by atoms with Crippen molar-refractivity contribution in [2.24, 2.45) is 0 Å². The Labute approximate surface area is 155 Å². The summed E-state index contributed by atoms with van der Waals surface area (Å²) in [6.45, 7) is 5.73. The first-order chi connectivity index (χ1) is 12.0. The highest BCUT2D eigenvalue weighted by Crippen LogP contribution is 2.21. The Morgan fingerprint density at radius 2 is 1.36 bits per heavy atom. The lowest BCUT2D eigenvalue weighted by Crippen LogP contribution is -2.14. The van der Waals surface area contributed by atoms with Crippen molar-refractivity contribution >= 4 is 10.1 Å². The normalized spacial score (nSPS) is 12.0. The minimum atomic E-state index is -3.65. The summed E-state index contributed by atoms with van der Waals surface area (Å²) < 4.78 is 29.8. The summed E-state index contributed by atoms with van der Waals surface area (Å²) in [6.07, 6.45) is 13.3. The maximum Gasteiger partial charge on any atom is 0.297 e. The number of rotatable bonds is 14. The molecule has 0 saturated carbocycles. The van der Waals surface area contributed by atoms with Crippen molar-refractivity contribution in [1.82, 2.24) is 0 Å². The molecule has 0 aliphatic carbocycles. The van der Waals surface area contributed by atoms with Gasteiger partial charge in [-0.2, -0.15) is 8.42 Å². The Morgan fingerprint density at radius 3 is 1.92 bits per heavy atom. The minimum Gasteiger partial charge on any atom is -0.264 e. The average Bonchev–Trinajstić information content (AvgIpc) is 2.56. The maximum atomic E-state index is 12.3. The molecule has 0 amide bonds. The second-order valence-electron chi connectivity index (χ2n) is 7.14. The van der Waals surface area contributed by atoms with Gasteiger partial charge in [0.2, 0.25) is 0 Å². The molecule has 0 atom stereocenters. The van der Waals surface area contributed by atoms with Crippen LogP contribution in [0.25, 0.3) is 0 Å². The molecule has 0 aromatic heterocycles. The fourth-order valence-electron chi connectivity index (χ4n) is 3.06. The zero-order chi connectivity index (χ0) is 18.5. The molecule has 0 saturated heterocycles. The second-order valence-corrected chi connectivity index (χ2v) is 8.68. The lowest BCUT2D eigenvalue weighted by molar-refractivity contribution is 0.248. The SMILES string of the molecule is CCCCCCCCCCCCc1ccccc1S(=O)(=O)OC(C)C. The molecule has 0 unspecified atom stereocenters. The van der Waals surface area contributed by atoms with Crippen LogP contribution in [0.15, 0.2) is 29.2 Å². The van der Waals surface area contributed by atoms with Gasteiger partial charge in [-0.15, -0.1) is 0 Å². The maximum absolute atomic E-state index is 12.3. The van der Waals surface area contributed by atoms with Gasteiger partial charge in [-0.3, -0.25) is 4.18 Å². The first kappa shape index (κ1) is 22.2. The summed E-state index contributed by atoms with van der Waals surface area (Å²) in [4.78, 5) is 0.333. The number of hydrogen-bond acceptors (Lipinski definition) is 3. The molecule has 0 aliphatic heterocycles.